The van der Waals surface area contributed by atoms with E-state index in [1.807, 2.05) is 11.8 Å². The Morgan fingerprint density at radius 1 is 1.43 bits per heavy atom. The molecule has 0 atom stereocenters. The van der Waals surface area contributed by atoms with Crippen LogP contribution in [-0.2, 0) is 9.63 Å². The summed E-state index contributed by atoms with van der Waals surface area (Å²) in [5, 5.41) is 12.2. The Labute approximate surface area is 179 Å². The monoisotopic (exact) mass is 428 g/mol. The average molecular weight is 429 g/mol. The molecule has 9 nitrogen and oxygen atoms in total. The standard InChI is InChI=1S/C20H24N6O3S/c1-3-8-29-26(15-9-16(10-21)30-12-15)19(28)14-4-6-25(7-5-14)20-23-11-13(2)17(24-20)18(22)27/h9,11-12,14H,3-8H2,1-2H3,(H2,22,27). The molecule has 1 saturated heterocycles. The van der Waals surface area contributed by atoms with Gasteiger partial charge in [0, 0.05) is 30.6 Å². The van der Waals surface area contributed by atoms with E-state index in [2.05, 4.69) is 16.0 Å². The zero-order valence-electron chi connectivity index (χ0n) is 17.0. The summed E-state index contributed by atoms with van der Waals surface area (Å²) in [6.07, 6.45) is 3.56. The molecule has 1 aliphatic heterocycles. The Balaban J connectivity index is 1.69. The van der Waals surface area contributed by atoms with E-state index >= 15 is 0 Å². The first-order valence-electron chi connectivity index (χ1n) is 9.78. The highest BCUT2D eigenvalue weighted by Gasteiger charge is 2.31. The average Bonchev–Trinajstić information content (AvgIpc) is 3.23. The fourth-order valence-corrected chi connectivity index (χ4v) is 3.92. The van der Waals surface area contributed by atoms with E-state index in [9.17, 15) is 9.59 Å². The van der Waals surface area contributed by atoms with Crippen molar-refractivity contribution < 1.29 is 14.4 Å². The molecule has 10 heteroatoms. The van der Waals surface area contributed by atoms with Crippen molar-refractivity contribution >= 4 is 34.8 Å². The number of aryl methyl sites for hydroxylation is 1. The van der Waals surface area contributed by atoms with Crippen LogP contribution >= 0.6 is 11.3 Å². The second-order valence-electron chi connectivity index (χ2n) is 7.07. The number of nitrogens with two attached hydrogens (primary N) is 1. The molecule has 2 aromatic heterocycles. The summed E-state index contributed by atoms with van der Waals surface area (Å²) in [7, 11) is 0. The number of primary amides is 1. The molecule has 0 aliphatic carbocycles. The third-order valence-corrected chi connectivity index (χ3v) is 5.70. The fraction of sp³-hybridized carbons (Fsp3) is 0.450. The molecule has 3 heterocycles. The smallest absolute Gasteiger partial charge is 0.267 e. The lowest BCUT2D eigenvalue weighted by Gasteiger charge is -2.33. The summed E-state index contributed by atoms with van der Waals surface area (Å²) in [6, 6.07) is 3.75. The van der Waals surface area contributed by atoms with Crippen molar-refractivity contribution in [1.82, 2.24) is 9.97 Å². The summed E-state index contributed by atoms with van der Waals surface area (Å²) in [5.74, 6) is -0.481. The topological polar surface area (TPSA) is 125 Å². The molecule has 0 spiro atoms. The van der Waals surface area contributed by atoms with Crippen molar-refractivity contribution in [2.24, 2.45) is 11.7 Å². The SMILES string of the molecule is CCCON(C(=O)C1CCN(c2ncc(C)c(C(N)=O)n2)CC1)c1csc(C#N)c1. The molecule has 0 bridgehead atoms. The van der Waals surface area contributed by atoms with Gasteiger partial charge in [-0.1, -0.05) is 6.92 Å². The zero-order chi connectivity index (χ0) is 21.7. The Kier molecular flexibility index (Phi) is 6.97. The quantitative estimate of drug-likeness (QED) is 0.671. The molecule has 158 valence electrons. The number of hydrogen-bond donors (Lipinski definition) is 1. The normalized spacial score (nSPS) is 14.4. The fourth-order valence-electron chi connectivity index (χ4n) is 3.27. The van der Waals surface area contributed by atoms with E-state index in [1.54, 1.807) is 24.6 Å². The summed E-state index contributed by atoms with van der Waals surface area (Å²) in [5.41, 5.74) is 6.82. The van der Waals surface area contributed by atoms with Gasteiger partial charge in [-0.15, -0.1) is 11.3 Å². The molecule has 0 radical (unpaired) electrons. The number of hydrogen-bond acceptors (Lipinski definition) is 8. The van der Waals surface area contributed by atoms with Crippen molar-refractivity contribution in [2.75, 3.05) is 29.7 Å². The molecule has 1 fully saturated rings. The van der Waals surface area contributed by atoms with E-state index in [0.717, 1.165) is 6.42 Å². The maximum atomic E-state index is 13.1. The van der Waals surface area contributed by atoms with Gasteiger partial charge in [-0.25, -0.2) is 9.97 Å². The number of rotatable bonds is 7. The molecule has 2 aromatic rings. The number of hydroxylamine groups is 1. The van der Waals surface area contributed by atoms with E-state index in [4.69, 9.17) is 15.8 Å². The maximum Gasteiger partial charge on any atom is 0.267 e. The van der Waals surface area contributed by atoms with Crippen LogP contribution < -0.4 is 15.7 Å². The highest BCUT2D eigenvalue weighted by atomic mass is 32.1. The third kappa shape index (κ3) is 4.75. The molecule has 0 saturated carbocycles. The number of anilines is 2. The van der Waals surface area contributed by atoms with Gasteiger partial charge in [0.2, 0.25) is 5.95 Å². The Morgan fingerprint density at radius 2 is 2.17 bits per heavy atom. The molecule has 0 aromatic carbocycles. The summed E-state index contributed by atoms with van der Waals surface area (Å²) < 4.78 is 0. The molecular weight excluding hydrogens is 404 g/mol. The van der Waals surface area contributed by atoms with Crippen LogP contribution in [0.5, 0.6) is 0 Å². The lowest BCUT2D eigenvalue weighted by Crippen LogP contribution is -2.43. The van der Waals surface area contributed by atoms with Crippen LogP contribution in [-0.4, -0.2) is 41.5 Å². The molecule has 3 rings (SSSR count). The summed E-state index contributed by atoms with van der Waals surface area (Å²) in [6.45, 7) is 5.27. The van der Waals surface area contributed by atoms with Gasteiger partial charge in [0.15, 0.2) is 0 Å². The molecular formula is C20H24N6O3S. The van der Waals surface area contributed by atoms with Gasteiger partial charge < -0.3 is 10.6 Å². The highest BCUT2D eigenvalue weighted by Crippen LogP contribution is 2.28. The summed E-state index contributed by atoms with van der Waals surface area (Å²) in [4.78, 5) is 41.5. The number of aromatic nitrogens is 2. The number of nitriles is 1. The van der Waals surface area contributed by atoms with Crippen LogP contribution in [0.25, 0.3) is 0 Å². The van der Waals surface area contributed by atoms with E-state index in [-0.39, 0.29) is 17.5 Å². The van der Waals surface area contributed by atoms with Crippen LogP contribution in [0.15, 0.2) is 17.6 Å². The van der Waals surface area contributed by atoms with Crippen molar-refractivity contribution in [1.29, 1.82) is 5.26 Å². The van der Waals surface area contributed by atoms with Crippen molar-refractivity contribution in [3.05, 3.63) is 33.8 Å². The van der Waals surface area contributed by atoms with Gasteiger partial charge in [-0.05, 0) is 37.8 Å². The predicted molar refractivity (Wildman–Crippen MR) is 113 cm³/mol. The second kappa shape index (κ2) is 9.65. The Hall–Kier alpha value is -3.03. The van der Waals surface area contributed by atoms with Gasteiger partial charge in [0.05, 0.1) is 12.3 Å². The van der Waals surface area contributed by atoms with Crippen LogP contribution in [0.3, 0.4) is 0 Å². The van der Waals surface area contributed by atoms with Crippen molar-refractivity contribution in [3.8, 4) is 6.07 Å². The minimum absolute atomic E-state index is 0.118. The largest absolute Gasteiger partial charge is 0.364 e. The first kappa shape index (κ1) is 21.7. The van der Waals surface area contributed by atoms with Gasteiger partial charge in [0.1, 0.15) is 16.6 Å². The second-order valence-corrected chi connectivity index (χ2v) is 7.99. The van der Waals surface area contributed by atoms with E-state index in [1.165, 1.54) is 16.4 Å². The number of amides is 2. The van der Waals surface area contributed by atoms with Crippen LogP contribution in [0, 0.1) is 24.2 Å². The van der Waals surface area contributed by atoms with E-state index in [0.29, 0.717) is 54.6 Å². The highest BCUT2D eigenvalue weighted by molar-refractivity contribution is 7.11. The molecule has 2 amide bonds. The molecule has 1 aliphatic rings. The minimum Gasteiger partial charge on any atom is -0.364 e. The molecule has 30 heavy (non-hydrogen) atoms. The molecule has 0 unspecified atom stereocenters. The lowest BCUT2D eigenvalue weighted by molar-refractivity contribution is -0.130. The molecule has 2 N–H and O–H groups in total. The zero-order valence-corrected chi connectivity index (χ0v) is 17.8. The number of piperidine rings is 1. The number of thiophene rings is 1. The Morgan fingerprint density at radius 3 is 2.77 bits per heavy atom. The minimum atomic E-state index is -0.586. The Bertz CT molecular complexity index is 962. The first-order valence-corrected chi connectivity index (χ1v) is 10.7. The van der Waals surface area contributed by atoms with Gasteiger partial charge >= 0.3 is 0 Å². The van der Waals surface area contributed by atoms with Crippen LogP contribution in [0.1, 0.15) is 47.1 Å². The predicted octanol–water partition coefficient (Wildman–Crippen LogP) is 2.41. The number of carbonyl (C=O) groups is 2. The number of nitrogens with zero attached hydrogens (tertiary/aromatic N) is 5. The number of carbonyl (C=O) groups excluding carboxylic acids is 2. The van der Waals surface area contributed by atoms with E-state index < -0.39 is 5.91 Å². The van der Waals surface area contributed by atoms with Crippen LogP contribution in [0.2, 0.25) is 0 Å². The lowest BCUT2D eigenvalue weighted by atomic mass is 9.96. The maximum absolute atomic E-state index is 13.1. The van der Waals surface area contributed by atoms with Crippen LogP contribution in [0.4, 0.5) is 11.6 Å². The first-order chi connectivity index (χ1) is 14.4. The third-order valence-electron chi connectivity index (χ3n) is 4.87. The summed E-state index contributed by atoms with van der Waals surface area (Å²) >= 11 is 1.28. The van der Waals surface area contributed by atoms with Gasteiger partial charge in [-0.2, -0.15) is 10.3 Å². The van der Waals surface area contributed by atoms with Crippen molar-refractivity contribution in [3.63, 3.8) is 0 Å². The van der Waals surface area contributed by atoms with Gasteiger partial charge in [0.25, 0.3) is 11.8 Å². The van der Waals surface area contributed by atoms with Gasteiger partial charge in [-0.3, -0.25) is 14.4 Å². The van der Waals surface area contributed by atoms with Crippen molar-refractivity contribution in [2.45, 2.75) is 33.1 Å².